The van der Waals surface area contributed by atoms with Crippen LogP contribution in [0.25, 0.3) is 0 Å². The Kier molecular flexibility index (Phi) is 5.36. The maximum absolute atomic E-state index is 12.9. The topological polar surface area (TPSA) is 69.0 Å². The van der Waals surface area contributed by atoms with Crippen LogP contribution in [0.15, 0.2) is 67.0 Å². The van der Waals surface area contributed by atoms with Gasteiger partial charge in [0.15, 0.2) is 6.61 Å². The van der Waals surface area contributed by atoms with Crippen molar-refractivity contribution in [1.82, 2.24) is 20.3 Å². The number of benzene rings is 2. The van der Waals surface area contributed by atoms with Gasteiger partial charge in [-0.15, -0.1) is 0 Å². The molecular formula is C18H17FN4O2. The number of ether oxygens (including phenoxy) is 1. The first-order chi connectivity index (χ1) is 12.2. The van der Waals surface area contributed by atoms with Crippen LogP contribution >= 0.6 is 0 Å². The van der Waals surface area contributed by atoms with E-state index < -0.39 is 0 Å². The van der Waals surface area contributed by atoms with E-state index in [4.69, 9.17) is 4.74 Å². The van der Waals surface area contributed by atoms with Crippen molar-refractivity contribution in [3.8, 4) is 5.75 Å². The summed E-state index contributed by atoms with van der Waals surface area (Å²) in [4.78, 5) is 13.7. The minimum absolute atomic E-state index is 0.165. The Hall–Kier alpha value is -3.22. The van der Waals surface area contributed by atoms with Crippen LogP contribution in [0.1, 0.15) is 11.6 Å². The zero-order valence-corrected chi connectivity index (χ0v) is 13.4. The highest BCUT2D eigenvalue weighted by atomic mass is 19.1. The van der Waals surface area contributed by atoms with Crippen LogP contribution < -0.4 is 10.1 Å². The van der Waals surface area contributed by atoms with Crippen LogP contribution in [0.2, 0.25) is 0 Å². The van der Waals surface area contributed by atoms with Crippen molar-refractivity contribution in [2.24, 2.45) is 0 Å². The highest BCUT2D eigenvalue weighted by Gasteiger charge is 2.16. The Labute approximate surface area is 144 Å². The van der Waals surface area contributed by atoms with E-state index in [1.54, 1.807) is 12.4 Å². The largest absolute Gasteiger partial charge is 0.484 e. The molecule has 1 unspecified atom stereocenters. The van der Waals surface area contributed by atoms with Gasteiger partial charge in [-0.25, -0.2) is 4.39 Å². The molecule has 0 aliphatic rings. The molecule has 0 bridgehead atoms. The quantitative estimate of drug-likeness (QED) is 0.717. The van der Waals surface area contributed by atoms with Gasteiger partial charge in [0, 0.05) is 0 Å². The third-order valence-corrected chi connectivity index (χ3v) is 3.53. The van der Waals surface area contributed by atoms with Crippen molar-refractivity contribution in [1.29, 1.82) is 0 Å². The summed E-state index contributed by atoms with van der Waals surface area (Å²) in [6, 6.07) is 14.8. The highest BCUT2D eigenvalue weighted by Crippen LogP contribution is 2.15. The van der Waals surface area contributed by atoms with Gasteiger partial charge in [0.25, 0.3) is 5.91 Å². The molecule has 0 radical (unpaired) electrons. The lowest BCUT2D eigenvalue weighted by atomic mass is 10.1. The normalized spacial score (nSPS) is 11.7. The van der Waals surface area contributed by atoms with Gasteiger partial charge in [0.1, 0.15) is 11.6 Å². The number of nitrogens with one attached hydrogen (secondary N) is 1. The molecule has 0 saturated carbocycles. The average molecular weight is 340 g/mol. The molecule has 0 saturated heterocycles. The van der Waals surface area contributed by atoms with Crippen LogP contribution in [-0.4, -0.2) is 27.5 Å². The van der Waals surface area contributed by atoms with Gasteiger partial charge in [-0.2, -0.15) is 15.0 Å². The summed E-state index contributed by atoms with van der Waals surface area (Å²) in [6.07, 6.45) is 3.17. The molecule has 6 nitrogen and oxygen atoms in total. The predicted octanol–water partition coefficient (Wildman–Crippen LogP) is 2.35. The molecule has 0 aliphatic carbocycles. The van der Waals surface area contributed by atoms with E-state index in [1.165, 1.54) is 29.1 Å². The van der Waals surface area contributed by atoms with E-state index in [2.05, 4.69) is 15.5 Å². The minimum atomic E-state index is -0.354. The van der Waals surface area contributed by atoms with Crippen molar-refractivity contribution in [2.45, 2.75) is 12.6 Å². The van der Waals surface area contributed by atoms with E-state index in [-0.39, 0.29) is 24.4 Å². The number of nitrogens with zero attached hydrogens (tertiary/aromatic N) is 3. The van der Waals surface area contributed by atoms with Gasteiger partial charge in [-0.3, -0.25) is 4.79 Å². The third kappa shape index (κ3) is 4.87. The maximum atomic E-state index is 12.9. The lowest BCUT2D eigenvalue weighted by Gasteiger charge is -2.19. The first-order valence-electron chi connectivity index (χ1n) is 7.77. The number of carbonyl (C=O) groups excluding carboxylic acids is 1. The zero-order chi connectivity index (χ0) is 17.5. The zero-order valence-electron chi connectivity index (χ0n) is 13.4. The van der Waals surface area contributed by atoms with Crippen molar-refractivity contribution in [2.75, 3.05) is 6.61 Å². The highest BCUT2D eigenvalue weighted by molar-refractivity contribution is 5.78. The molecule has 2 aromatic carbocycles. The molecule has 1 N–H and O–H groups in total. The maximum Gasteiger partial charge on any atom is 0.258 e. The second-order valence-electron chi connectivity index (χ2n) is 5.36. The van der Waals surface area contributed by atoms with Crippen molar-refractivity contribution in [3.05, 3.63) is 78.4 Å². The molecule has 3 rings (SSSR count). The fourth-order valence-corrected chi connectivity index (χ4v) is 2.34. The van der Waals surface area contributed by atoms with Crippen LogP contribution in [0, 0.1) is 5.82 Å². The number of hydrogen-bond acceptors (Lipinski definition) is 4. The molecule has 1 atom stereocenters. The molecule has 7 heteroatoms. The summed E-state index contributed by atoms with van der Waals surface area (Å²) in [5.41, 5.74) is 0.940. The molecule has 128 valence electrons. The van der Waals surface area contributed by atoms with Crippen molar-refractivity contribution < 1.29 is 13.9 Å². The molecular weight excluding hydrogens is 323 g/mol. The lowest BCUT2D eigenvalue weighted by molar-refractivity contribution is -0.124. The molecule has 1 amide bonds. The standard InChI is InChI=1S/C18H17FN4O2/c19-15-6-8-16(9-7-15)25-13-18(24)22-17(12-23-20-10-11-21-23)14-4-2-1-3-5-14/h1-11,17H,12-13H2,(H,22,24). The number of aromatic nitrogens is 3. The van der Waals surface area contributed by atoms with Gasteiger partial charge in [-0.05, 0) is 29.8 Å². The summed E-state index contributed by atoms with van der Waals surface area (Å²) in [5.74, 6) is -0.209. The van der Waals surface area contributed by atoms with Gasteiger partial charge >= 0.3 is 0 Å². The average Bonchev–Trinajstić information content (AvgIpc) is 3.15. The van der Waals surface area contributed by atoms with Gasteiger partial charge in [0.05, 0.1) is 25.0 Å². The first kappa shape index (κ1) is 16.6. The monoisotopic (exact) mass is 340 g/mol. The van der Waals surface area contributed by atoms with Crippen LogP contribution in [0.3, 0.4) is 0 Å². The summed E-state index contributed by atoms with van der Waals surface area (Å²) in [5, 5.41) is 11.1. The molecule has 1 aromatic heterocycles. The summed E-state index contributed by atoms with van der Waals surface area (Å²) >= 11 is 0. The Morgan fingerprint density at radius 3 is 2.44 bits per heavy atom. The summed E-state index contributed by atoms with van der Waals surface area (Å²) in [6.45, 7) is 0.237. The van der Waals surface area contributed by atoms with Gasteiger partial charge in [-0.1, -0.05) is 30.3 Å². The Bertz CT molecular complexity index is 792. The second kappa shape index (κ2) is 8.05. The number of carbonyl (C=O) groups is 1. The van der Waals surface area contributed by atoms with Crippen LogP contribution in [-0.2, 0) is 11.3 Å². The molecule has 25 heavy (non-hydrogen) atoms. The predicted molar refractivity (Wildman–Crippen MR) is 89.2 cm³/mol. The number of amides is 1. The van der Waals surface area contributed by atoms with Crippen LogP contribution in [0.4, 0.5) is 4.39 Å². The Morgan fingerprint density at radius 2 is 1.76 bits per heavy atom. The SMILES string of the molecule is O=C(COc1ccc(F)cc1)NC(Cn1nccn1)c1ccccc1. The molecule has 0 spiro atoms. The van der Waals surface area contributed by atoms with E-state index in [1.807, 2.05) is 30.3 Å². The van der Waals surface area contributed by atoms with Crippen molar-refractivity contribution in [3.63, 3.8) is 0 Å². The number of rotatable bonds is 7. The molecule has 1 heterocycles. The summed E-state index contributed by atoms with van der Waals surface area (Å²) in [7, 11) is 0. The van der Waals surface area contributed by atoms with Gasteiger partial charge in [0.2, 0.25) is 0 Å². The van der Waals surface area contributed by atoms with E-state index >= 15 is 0 Å². The Morgan fingerprint density at radius 1 is 1.08 bits per heavy atom. The summed E-state index contributed by atoms with van der Waals surface area (Å²) < 4.78 is 18.3. The fourth-order valence-electron chi connectivity index (χ4n) is 2.34. The fraction of sp³-hybridized carbons (Fsp3) is 0.167. The number of hydrogen-bond donors (Lipinski definition) is 1. The van der Waals surface area contributed by atoms with Crippen molar-refractivity contribution >= 4 is 5.91 Å². The van der Waals surface area contributed by atoms with E-state index in [9.17, 15) is 9.18 Å². The number of halogens is 1. The third-order valence-electron chi connectivity index (χ3n) is 3.53. The smallest absolute Gasteiger partial charge is 0.258 e. The van der Waals surface area contributed by atoms with E-state index in [0.717, 1.165) is 5.56 Å². The van der Waals surface area contributed by atoms with E-state index in [0.29, 0.717) is 12.3 Å². The Balaban J connectivity index is 1.62. The second-order valence-corrected chi connectivity index (χ2v) is 5.36. The lowest BCUT2D eigenvalue weighted by Crippen LogP contribution is -2.35. The van der Waals surface area contributed by atoms with Crippen LogP contribution in [0.5, 0.6) is 5.75 Å². The first-order valence-corrected chi connectivity index (χ1v) is 7.77. The minimum Gasteiger partial charge on any atom is -0.484 e. The molecule has 0 aliphatic heterocycles. The molecule has 0 fully saturated rings. The molecule has 3 aromatic rings. The van der Waals surface area contributed by atoms with Gasteiger partial charge < -0.3 is 10.1 Å².